The standard InChI is InChI=1S/C24H41N5O2/c1-17(2)13-29-21(6)22(20(5)25-29)12-23(30)27-9-7-26(8-10-27)16-24(31)28-14-18(3)11-19(4)15-28/h17-19H,7-16H2,1-6H3. The van der Waals surface area contributed by atoms with E-state index in [9.17, 15) is 9.59 Å². The Balaban J connectivity index is 1.49. The van der Waals surface area contributed by atoms with Crippen LogP contribution in [0.1, 0.15) is 51.1 Å². The molecule has 2 unspecified atom stereocenters. The molecule has 174 valence electrons. The molecule has 0 saturated carbocycles. The summed E-state index contributed by atoms with van der Waals surface area (Å²) in [5, 5.41) is 4.64. The molecule has 31 heavy (non-hydrogen) atoms. The Morgan fingerprint density at radius 1 is 0.968 bits per heavy atom. The number of aromatic nitrogens is 2. The molecule has 1 aromatic rings. The molecule has 7 heteroatoms. The average molecular weight is 432 g/mol. The lowest BCUT2D eigenvalue weighted by molar-refractivity contribution is -0.136. The lowest BCUT2D eigenvalue weighted by Crippen LogP contribution is -2.53. The highest BCUT2D eigenvalue weighted by Gasteiger charge is 2.28. The predicted octanol–water partition coefficient (Wildman–Crippen LogP) is 2.35. The summed E-state index contributed by atoms with van der Waals surface area (Å²) in [6, 6.07) is 0. The lowest BCUT2D eigenvalue weighted by atomic mass is 9.92. The van der Waals surface area contributed by atoms with Gasteiger partial charge in [0, 0.05) is 57.1 Å². The SMILES string of the molecule is Cc1nn(CC(C)C)c(C)c1CC(=O)N1CCN(CC(=O)N2CC(C)CC(C)C2)CC1. The van der Waals surface area contributed by atoms with Crippen LogP contribution in [0.2, 0.25) is 0 Å². The van der Waals surface area contributed by atoms with E-state index in [1.165, 1.54) is 6.42 Å². The fourth-order valence-electron chi connectivity index (χ4n) is 5.09. The summed E-state index contributed by atoms with van der Waals surface area (Å²) in [6.45, 7) is 18.9. The van der Waals surface area contributed by atoms with Crippen LogP contribution in [0.15, 0.2) is 0 Å². The van der Waals surface area contributed by atoms with Gasteiger partial charge in [-0.2, -0.15) is 5.10 Å². The normalized spacial score (nSPS) is 22.9. The smallest absolute Gasteiger partial charge is 0.236 e. The van der Waals surface area contributed by atoms with Crippen LogP contribution in [0, 0.1) is 31.6 Å². The van der Waals surface area contributed by atoms with Crippen LogP contribution >= 0.6 is 0 Å². The monoisotopic (exact) mass is 431 g/mol. The Hall–Kier alpha value is -1.89. The van der Waals surface area contributed by atoms with Crippen LogP contribution in [0.25, 0.3) is 0 Å². The van der Waals surface area contributed by atoms with Gasteiger partial charge in [-0.3, -0.25) is 19.2 Å². The van der Waals surface area contributed by atoms with Crippen molar-refractivity contribution in [2.24, 2.45) is 17.8 Å². The molecule has 7 nitrogen and oxygen atoms in total. The number of carbonyl (C=O) groups excluding carboxylic acids is 2. The molecule has 2 amide bonds. The Labute approximate surface area is 187 Å². The van der Waals surface area contributed by atoms with Gasteiger partial charge < -0.3 is 9.80 Å². The minimum atomic E-state index is 0.167. The Morgan fingerprint density at radius 3 is 2.16 bits per heavy atom. The van der Waals surface area contributed by atoms with Crippen molar-refractivity contribution in [3.05, 3.63) is 17.0 Å². The molecule has 2 aliphatic heterocycles. The summed E-state index contributed by atoms with van der Waals surface area (Å²) in [7, 11) is 0. The van der Waals surface area contributed by atoms with Gasteiger partial charge >= 0.3 is 0 Å². The number of aryl methyl sites for hydroxylation is 1. The van der Waals surface area contributed by atoms with Gasteiger partial charge in [0.15, 0.2) is 0 Å². The van der Waals surface area contributed by atoms with Gasteiger partial charge in [-0.15, -0.1) is 0 Å². The van der Waals surface area contributed by atoms with E-state index in [1.807, 2.05) is 21.4 Å². The van der Waals surface area contributed by atoms with E-state index < -0.39 is 0 Å². The van der Waals surface area contributed by atoms with Crippen molar-refractivity contribution in [3.8, 4) is 0 Å². The van der Waals surface area contributed by atoms with Crippen molar-refractivity contribution in [1.29, 1.82) is 0 Å². The van der Waals surface area contributed by atoms with Crippen LogP contribution in [0.3, 0.4) is 0 Å². The molecule has 2 aliphatic rings. The van der Waals surface area contributed by atoms with Crippen LogP contribution in [-0.2, 0) is 22.6 Å². The number of carbonyl (C=O) groups is 2. The average Bonchev–Trinajstić information content (AvgIpc) is 2.94. The summed E-state index contributed by atoms with van der Waals surface area (Å²) in [5.74, 6) is 2.09. The summed E-state index contributed by atoms with van der Waals surface area (Å²) < 4.78 is 2.04. The zero-order valence-corrected chi connectivity index (χ0v) is 20.4. The highest BCUT2D eigenvalue weighted by atomic mass is 16.2. The second kappa shape index (κ2) is 10.2. The van der Waals surface area contributed by atoms with E-state index in [0.29, 0.717) is 43.8 Å². The Morgan fingerprint density at radius 2 is 1.58 bits per heavy atom. The second-order valence-corrected chi connectivity index (χ2v) is 10.3. The van der Waals surface area contributed by atoms with Gasteiger partial charge in [-0.25, -0.2) is 0 Å². The molecule has 0 radical (unpaired) electrons. The van der Waals surface area contributed by atoms with Gasteiger partial charge in [0.1, 0.15) is 0 Å². The van der Waals surface area contributed by atoms with Crippen LogP contribution in [0.5, 0.6) is 0 Å². The molecule has 3 rings (SSSR count). The zero-order chi connectivity index (χ0) is 22.7. The highest BCUT2D eigenvalue weighted by Crippen LogP contribution is 2.21. The summed E-state index contributed by atoms with van der Waals surface area (Å²) >= 11 is 0. The largest absolute Gasteiger partial charge is 0.341 e. The van der Waals surface area contributed by atoms with E-state index >= 15 is 0 Å². The molecule has 0 spiro atoms. The van der Waals surface area contributed by atoms with Crippen LogP contribution in [0.4, 0.5) is 0 Å². The third-order valence-electron chi connectivity index (χ3n) is 6.70. The van der Waals surface area contributed by atoms with E-state index in [1.54, 1.807) is 0 Å². The lowest BCUT2D eigenvalue weighted by Gasteiger charge is -2.38. The van der Waals surface area contributed by atoms with E-state index in [-0.39, 0.29) is 11.8 Å². The fraction of sp³-hybridized carbons (Fsp3) is 0.792. The molecular weight excluding hydrogens is 390 g/mol. The van der Waals surface area contributed by atoms with Crippen molar-refractivity contribution in [2.45, 2.75) is 60.9 Å². The maximum Gasteiger partial charge on any atom is 0.236 e. The number of likely N-dealkylation sites (tertiary alicyclic amines) is 1. The number of piperazine rings is 1. The first kappa shape index (κ1) is 23.8. The molecule has 0 aromatic carbocycles. The molecule has 2 fully saturated rings. The quantitative estimate of drug-likeness (QED) is 0.694. The summed E-state index contributed by atoms with van der Waals surface area (Å²) in [4.78, 5) is 31.9. The number of amides is 2. The molecule has 0 N–H and O–H groups in total. The van der Waals surface area contributed by atoms with Crippen LogP contribution < -0.4 is 0 Å². The number of nitrogens with zero attached hydrogens (tertiary/aromatic N) is 5. The third-order valence-corrected chi connectivity index (χ3v) is 6.70. The molecule has 0 bridgehead atoms. The topological polar surface area (TPSA) is 61.7 Å². The van der Waals surface area contributed by atoms with Crippen molar-refractivity contribution >= 4 is 11.8 Å². The van der Waals surface area contributed by atoms with Crippen molar-refractivity contribution in [2.75, 3.05) is 45.8 Å². The van der Waals surface area contributed by atoms with Crippen molar-refractivity contribution < 1.29 is 9.59 Å². The Kier molecular flexibility index (Phi) is 7.78. The van der Waals surface area contributed by atoms with Crippen molar-refractivity contribution in [3.63, 3.8) is 0 Å². The first-order chi connectivity index (χ1) is 14.6. The molecule has 3 heterocycles. The fourth-order valence-corrected chi connectivity index (χ4v) is 5.09. The Bertz CT molecular complexity index is 769. The third kappa shape index (κ3) is 6.09. The van der Waals surface area contributed by atoms with E-state index in [2.05, 4.69) is 44.6 Å². The molecule has 0 aliphatic carbocycles. The van der Waals surface area contributed by atoms with Crippen molar-refractivity contribution in [1.82, 2.24) is 24.5 Å². The van der Waals surface area contributed by atoms with Gasteiger partial charge in [0.25, 0.3) is 0 Å². The highest BCUT2D eigenvalue weighted by molar-refractivity contribution is 5.80. The number of hydrogen-bond acceptors (Lipinski definition) is 4. The summed E-state index contributed by atoms with van der Waals surface area (Å²) in [6.07, 6.45) is 1.62. The minimum absolute atomic E-state index is 0.167. The molecule has 2 atom stereocenters. The van der Waals surface area contributed by atoms with E-state index in [4.69, 9.17) is 0 Å². The zero-order valence-electron chi connectivity index (χ0n) is 20.4. The predicted molar refractivity (Wildman–Crippen MR) is 123 cm³/mol. The summed E-state index contributed by atoms with van der Waals surface area (Å²) in [5.41, 5.74) is 3.13. The maximum absolute atomic E-state index is 12.9. The van der Waals surface area contributed by atoms with Gasteiger partial charge in [0.2, 0.25) is 11.8 Å². The van der Waals surface area contributed by atoms with Gasteiger partial charge in [-0.1, -0.05) is 27.7 Å². The first-order valence-corrected chi connectivity index (χ1v) is 11.9. The first-order valence-electron chi connectivity index (χ1n) is 11.9. The number of rotatable bonds is 6. The number of piperidine rings is 1. The van der Waals surface area contributed by atoms with Crippen LogP contribution in [-0.4, -0.2) is 82.1 Å². The minimum Gasteiger partial charge on any atom is -0.341 e. The molecule has 2 saturated heterocycles. The van der Waals surface area contributed by atoms with Gasteiger partial charge in [0.05, 0.1) is 18.7 Å². The van der Waals surface area contributed by atoms with Gasteiger partial charge in [-0.05, 0) is 38.0 Å². The molecule has 1 aromatic heterocycles. The number of hydrogen-bond donors (Lipinski definition) is 0. The van der Waals surface area contributed by atoms with E-state index in [0.717, 1.165) is 49.7 Å². The second-order valence-electron chi connectivity index (χ2n) is 10.3. The maximum atomic E-state index is 12.9. The molecular formula is C24H41N5O2.